The molecule has 0 aromatic heterocycles. The molecule has 0 N–H and O–H groups in total. The summed E-state index contributed by atoms with van der Waals surface area (Å²) in [5.41, 5.74) is -0.309. The van der Waals surface area contributed by atoms with Gasteiger partial charge >= 0.3 is 18.3 Å². The molecular formula is C16H18F6O2. The lowest BCUT2D eigenvalue weighted by atomic mass is 9.87. The number of halogens is 6. The highest BCUT2D eigenvalue weighted by Crippen LogP contribution is 2.34. The summed E-state index contributed by atoms with van der Waals surface area (Å²) in [6.45, 7) is 4.97. The van der Waals surface area contributed by atoms with E-state index in [1.54, 1.807) is 0 Å². The number of carbonyl (C=O) groups excluding carboxylic acids is 1. The second kappa shape index (κ2) is 7.03. The Morgan fingerprint density at radius 1 is 1.00 bits per heavy atom. The van der Waals surface area contributed by atoms with Crippen molar-refractivity contribution in [3.8, 4) is 0 Å². The fraction of sp³-hybridized carbons (Fsp3) is 0.562. The first-order valence-electron chi connectivity index (χ1n) is 7.19. The van der Waals surface area contributed by atoms with Crippen LogP contribution in [0.5, 0.6) is 0 Å². The highest BCUT2D eigenvalue weighted by Gasteiger charge is 2.40. The van der Waals surface area contributed by atoms with Gasteiger partial charge in [-0.05, 0) is 37.5 Å². The van der Waals surface area contributed by atoms with Crippen LogP contribution in [0.2, 0.25) is 0 Å². The molecule has 0 fully saturated rings. The molecule has 2 nitrogen and oxygen atoms in total. The van der Waals surface area contributed by atoms with E-state index in [2.05, 4.69) is 4.74 Å². The lowest BCUT2D eigenvalue weighted by Gasteiger charge is -2.23. The SMILES string of the molecule is Cc1cc(C(C)C(C)C(=O)OC(C)C(F)(F)F)cc(C(F)(F)F)c1. The normalized spacial score (nSPS) is 16.4. The number of alkyl halides is 6. The van der Waals surface area contributed by atoms with Crippen LogP contribution in [-0.4, -0.2) is 18.2 Å². The number of carbonyl (C=O) groups is 1. The van der Waals surface area contributed by atoms with Crippen molar-refractivity contribution in [2.45, 2.75) is 52.1 Å². The Hall–Kier alpha value is -1.73. The summed E-state index contributed by atoms with van der Waals surface area (Å²) in [4.78, 5) is 11.8. The van der Waals surface area contributed by atoms with Crippen molar-refractivity contribution < 1.29 is 35.9 Å². The van der Waals surface area contributed by atoms with Gasteiger partial charge in [-0.2, -0.15) is 26.3 Å². The summed E-state index contributed by atoms with van der Waals surface area (Å²) < 4.78 is 80.2. The van der Waals surface area contributed by atoms with E-state index in [0.29, 0.717) is 12.5 Å². The van der Waals surface area contributed by atoms with Crippen molar-refractivity contribution in [3.05, 3.63) is 34.9 Å². The molecule has 3 unspecified atom stereocenters. The lowest BCUT2D eigenvalue weighted by molar-refractivity contribution is -0.218. The zero-order valence-electron chi connectivity index (χ0n) is 13.5. The topological polar surface area (TPSA) is 26.3 Å². The molecule has 1 rings (SSSR count). The molecular weight excluding hydrogens is 338 g/mol. The monoisotopic (exact) mass is 356 g/mol. The Kier molecular flexibility index (Phi) is 5.95. The average Bonchev–Trinajstić information content (AvgIpc) is 2.42. The van der Waals surface area contributed by atoms with Crippen LogP contribution in [0.3, 0.4) is 0 Å². The van der Waals surface area contributed by atoms with Crippen molar-refractivity contribution in [2.75, 3.05) is 0 Å². The molecule has 0 bridgehead atoms. The van der Waals surface area contributed by atoms with Crippen LogP contribution in [-0.2, 0) is 15.7 Å². The van der Waals surface area contributed by atoms with Crippen molar-refractivity contribution in [2.24, 2.45) is 5.92 Å². The Labute approximate surface area is 135 Å². The molecule has 1 aromatic rings. The summed E-state index contributed by atoms with van der Waals surface area (Å²) in [6.07, 6.45) is -11.5. The van der Waals surface area contributed by atoms with E-state index < -0.39 is 41.8 Å². The van der Waals surface area contributed by atoms with E-state index in [0.717, 1.165) is 12.1 Å². The van der Waals surface area contributed by atoms with Crippen LogP contribution >= 0.6 is 0 Å². The molecule has 136 valence electrons. The third kappa shape index (κ3) is 5.14. The number of benzene rings is 1. The van der Waals surface area contributed by atoms with E-state index in [4.69, 9.17) is 0 Å². The van der Waals surface area contributed by atoms with Gasteiger partial charge in [-0.25, -0.2) is 0 Å². The molecule has 0 spiro atoms. The second-order valence-electron chi connectivity index (χ2n) is 5.83. The zero-order chi connectivity index (χ0) is 18.9. The van der Waals surface area contributed by atoms with Crippen LogP contribution in [0.25, 0.3) is 0 Å². The number of esters is 1. The minimum Gasteiger partial charge on any atom is -0.453 e. The highest BCUT2D eigenvalue weighted by atomic mass is 19.4. The summed E-state index contributed by atoms with van der Waals surface area (Å²) in [5.74, 6) is -2.88. The Morgan fingerprint density at radius 3 is 2.00 bits per heavy atom. The summed E-state index contributed by atoms with van der Waals surface area (Å²) in [6, 6.07) is 3.33. The smallest absolute Gasteiger partial charge is 0.425 e. The largest absolute Gasteiger partial charge is 0.453 e. The molecule has 24 heavy (non-hydrogen) atoms. The highest BCUT2D eigenvalue weighted by molar-refractivity contribution is 5.73. The zero-order valence-corrected chi connectivity index (χ0v) is 13.5. The van der Waals surface area contributed by atoms with Gasteiger partial charge in [-0.3, -0.25) is 4.79 Å². The van der Waals surface area contributed by atoms with Gasteiger partial charge in [-0.15, -0.1) is 0 Å². The van der Waals surface area contributed by atoms with Crippen molar-refractivity contribution >= 4 is 5.97 Å². The Morgan fingerprint density at radius 2 is 1.54 bits per heavy atom. The maximum absolute atomic E-state index is 12.9. The lowest BCUT2D eigenvalue weighted by Crippen LogP contribution is -2.33. The van der Waals surface area contributed by atoms with Gasteiger partial charge in [0.2, 0.25) is 0 Å². The predicted octanol–water partition coefficient (Wildman–Crippen LogP) is 5.25. The van der Waals surface area contributed by atoms with Crippen molar-refractivity contribution in [1.82, 2.24) is 0 Å². The molecule has 0 heterocycles. The summed E-state index contributed by atoms with van der Waals surface area (Å²) >= 11 is 0. The van der Waals surface area contributed by atoms with Crippen LogP contribution in [0.15, 0.2) is 18.2 Å². The van der Waals surface area contributed by atoms with E-state index in [1.807, 2.05) is 0 Å². The molecule has 0 aliphatic rings. The van der Waals surface area contributed by atoms with E-state index in [-0.39, 0.29) is 5.56 Å². The Balaban J connectivity index is 2.99. The predicted molar refractivity (Wildman–Crippen MR) is 75.4 cm³/mol. The van der Waals surface area contributed by atoms with Gasteiger partial charge in [0, 0.05) is 0 Å². The minimum absolute atomic E-state index is 0.214. The van der Waals surface area contributed by atoms with Crippen LogP contribution in [0, 0.1) is 12.8 Å². The van der Waals surface area contributed by atoms with Gasteiger partial charge in [0.25, 0.3) is 0 Å². The first kappa shape index (κ1) is 20.3. The number of hydrogen-bond donors (Lipinski definition) is 0. The molecule has 0 saturated carbocycles. The second-order valence-corrected chi connectivity index (χ2v) is 5.83. The molecule has 0 radical (unpaired) electrons. The molecule has 8 heteroatoms. The van der Waals surface area contributed by atoms with E-state index in [9.17, 15) is 31.1 Å². The fourth-order valence-electron chi connectivity index (χ4n) is 2.08. The third-order valence-corrected chi connectivity index (χ3v) is 3.83. The summed E-state index contributed by atoms with van der Waals surface area (Å²) in [7, 11) is 0. The summed E-state index contributed by atoms with van der Waals surface area (Å²) in [5, 5.41) is 0. The third-order valence-electron chi connectivity index (χ3n) is 3.83. The molecule has 1 aromatic carbocycles. The first-order valence-corrected chi connectivity index (χ1v) is 7.19. The van der Waals surface area contributed by atoms with E-state index >= 15 is 0 Å². The fourth-order valence-corrected chi connectivity index (χ4v) is 2.08. The van der Waals surface area contributed by atoms with Gasteiger partial charge < -0.3 is 4.74 Å². The van der Waals surface area contributed by atoms with Gasteiger partial charge in [0.15, 0.2) is 6.10 Å². The molecule has 0 amide bonds. The van der Waals surface area contributed by atoms with Gasteiger partial charge in [-0.1, -0.05) is 25.5 Å². The number of rotatable bonds is 4. The Bertz CT molecular complexity index is 591. The van der Waals surface area contributed by atoms with Crippen LogP contribution in [0.1, 0.15) is 43.4 Å². The average molecular weight is 356 g/mol. The maximum atomic E-state index is 12.9. The number of aryl methyl sites for hydroxylation is 1. The molecule has 0 saturated heterocycles. The first-order chi connectivity index (χ1) is 10.7. The molecule has 0 aliphatic heterocycles. The quantitative estimate of drug-likeness (QED) is 0.544. The van der Waals surface area contributed by atoms with Gasteiger partial charge in [0.05, 0.1) is 11.5 Å². The van der Waals surface area contributed by atoms with E-state index in [1.165, 1.54) is 26.8 Å². The maximum Gasteiger partial charge on any atom is 0.425 e. The van der Waals surface area contributed by atoms with Crippen LogP contribution in [0.4, 0.5) is 26.3 Å². The van der Waals surface area contributed by atoms with Gasteiger partial charge in [0.1, 0.15) is 0 Å². The number of ether oxygens (including phenoxy) is 1. The molecule has 0 aliphatic carbocycles. The number of hydrogen-bond acceptors (Lipinski definition) is 2. The minimum atomic E-state index is -4.69. The van der Waals surface area contributed by atoms with Crippen molar-refractivity contribution in [1.29, 1.82) is 0 Å². The molecule has 3 atom stereocenters. The van der Waals surface area contributed by atoms with Crippen LogP contribution < -0.4 is 0 Å². The van der Waals surface area contributed by atoms with Crippen molar-refractivity contribution in [3.63, 3.8) is 0 Å². The standard InChI is InChI=1S/C16H18F6O2/c1-8-5-12(7-13(6-8)16(20,21)22)9(2)10(3)14(23)24-11(4)15(17,18)19/h5-7,9-11H,1-4H3.